The largest absolute Gasteiger partial charge is 0.504 e. The highest BCUT2D eigenvalue weighted by Gasteiger charge is 2.32. The molecule has 23 heavy (non-hydrogen) atoms. The van der Waals surface area contributed by atoms with Crippen molar-refractivity contribution < 1.29 is 19.7 Å². The van der Waals surface area contributed by atoms with Gasteiger partial charge >= 0.3 is 0 Å². The lowest BCUT2D eigenvalue weighted by Crippen LogP contribution is -2.07. The molecule has 0 aliphatic carbocycles. The monoisotopic (exact) mass is 314 g/mol. The maximum Gasteiger partial charge on any atom is 0.160 e. The number of aryl methyl sites for hydroxylation is 1. The van der Waals surface area contributed by atoms with Gasteiger partial charge in [-0.15, -0.1) is 0 Å². The molecule has 0 fully saturated rings. The molecule has 0 aromatic heterocycles. The molecule has 1 heterocycles. The number of benzene rings is 2. The van der Waals surface area contributed by atoms with E-state index in [0.717, 1.165) is 24.2 Å². The molecule has 2 aromatic carbocycles. The van der Waals surface area contributed by atoms with Crippen molar-refractivity contribution in [1.29, 1.82) is 0 Å². The number of fused-ring (bicyclic) bond motifs is 1. The lowest BCUT2D eigenvalue weighted by Gasteiger charge is -2.17. The van der Waals surface area contributed by atoms with Gasteiger partial charge in [0.25, 0.3) is 0 Å². The Morgan fingerprint density at radius 3 is 2.74 bits per heavy atom. The minimum Gasteiger partial charge on any atom is -0.504 e. The summed E-state index contributed by atoms with van der Waals surface area (Å²) in [4.78, 5) is 0. The van der Waals surface area contributed by atoms with Crippen LogP contribution in [0.25, 0.3) is 0 Å². The number of phenolic OH excluding ortho intramolecular Hbond substituents is 1. The van der Waals surface area contributed by atoms with Gasteiger partial charge in [-0.3, -0.25) is 0 Å². The Balaban J connectivity index is 1.87. The van der Waals surface area contributed by atoms with Crippen molar-refractivity contribution in [2.45, 2.75) is 31.8 Å². The summed E-state index contributed by atoms with van der Waals surface area (Å²) in [6.45, 7) is 2.35. The molecule has 2 N–H and O–H groups in total. The van der Waals surface area contributed by atoms with Crippen molar-refractivity contribution in [3.63, 3.8) is 0 Å². The number of aliphatic hydroxyl groups excluding tert-OH is 1. The molecule has 1 aliphatic rings. The highest BCUT2D eigenvalue weighted by Crippen LogP contribution is 2.47. The van der Waals surface area contributed by atoms with E-state index in [4.69, 9.17) is 14.6 Å². The molecule has 2 aromatic rings. The molecule has 0 saturated carbocycles. The highest BCUT2D eigenvalue weighted by atomic mass is 16.5. The number of methoxy groups -OCH3 is 1. The highest BCUT2D eigenvalue weighted by molar-refractivity contribution is 5.48. The molecule has 0 amide bonds. The summed E-state index contributed by atoms with van der Waals surface area (Å²) in [5.41, 5.74) is 3.40. The lowest BCUT2D eigenvalue weighted by molar-refractivity contribution is 0.215. The summed E-state index contributed by atoms with van der Waals surface area (Å²) in [6.07, 6.45) is 1.55. The molecule has 2 atom stereocenters. The van der Waals surface area contributed by atoms with Gasteiger partial charge in [0.2, 0.25) is 0 Å². The van der Waals surface area contributed by atoms with Gasteiger partial charge in [-0.1, -0.05) is 25.1 Å². The maximum atomic E-state index is 9.75. The van der Waals surface area contributed by atoms with Crippen LogP contribution in [-0.4, -0.2) is 23.9 Å². The topological polar surface area (TPSA) is 58.9 Å². The summed E-state index contributed by atoms with van der Waals surface area (Å²) in [5, 5.41) is 18.7. The SMILES string of the molecule is COc1cc(C2Oc3ccc(CCCO)cc3C2C)ccc1O. The Morgan fingerprint density at radius 1 is 1.17 bits per heavy atom. The number of phenols is 1. The van der Waals surface area contributed by atoms with Crippen molar-refractivity contribution >= 4 is 0 Å². The van der Waals surface area contributed by atoms with Crippen molar-refractivity contribution in [2.75, 3.05) is 13.7 Å². The molecular weight excluding hydrogens is 292 g/mol. The van der Waals surface area contributed by atoms with Crippen LogP contribution < -0.4 is 9.47 Å². The first-order valence-corrected chi connectivity index (χ1v) is 7.91. The number of hydrogen-bond acceptors (Lipinski definition) is 4. The first-order valence-electron chi connectivity index (χ1n) is 7.91. The minimum atomic E-state index is -0.0902. The van der Waals surface area contributed by atoms with Crippen LogP contribution in [0.1, 0.15) is 42.1 Å². The Labute approximate surface area is 136 Å². The van der Waals surface area contributed by atoms with E-state index in [1.54, 1.807) is 13.2 Å². The molecule has 122 valence electrons. The zero-order valence-corrected chi connectivity index (χ0v) is 13.5. The number of aliphatic hydroxyl groups is 1. The normalized spacial score (nSPS) is 19.3. The average Bonchev–Trinajstić information content (AvgIpc) is 2.90. The van der Waals surface area contributed by atoms with Crippen LogP contribution in [0.5, 0.6) is 17.2 Å². The standard InChI is InChI=1S/C19H22O4/c1-12-15-10-13(4-3-9-20)5-8-17(15)23-19(12)14-6-7-16(21)18(11-14)22-2/h5-8,10-12,19-21H,3-4,9H2,1-2H3. The van der Waals surface area contributed by atoms with Crippen LogP contribution in [0.2, 0.25) is 0 Å². The number of ether oxygens (including phenoxy) is 2. The first kappa shape index (κ1) is 15.7. The summed E-state index contributed by atoms with van der Waals surface area (Å²) in [5.74, 6) is 1.71. The maximum absolute atomic E-state index is 9.75. The molecule has 0 spiro atoms. The zero-order valence-electron chi connectivity index (χ0n) is 13.5. The molecule has 4 heteroatoms. The van der Waals surface area contributed by atoms with Gasteiger partial charge in [0.1, 0.15) is 11.9 Å². The summed E-state index contributed by atoms with van der Waals surface area (Å²) >= 11 is 0. The van der Waals surface area contributed by atoms with Crippen LogP contribution in [0, 0.1) is 0 Å². The van der Waals surface area contributed by atoms with Crippen molar-refractivity contribution in [1.82, 2.24) is 0 Å². The molecule has 0 saturated heterocycles. The molecule has 0 bridgehead atoms. The quantitative estimate of drug-likeness (QED) is 0.886. The Morgan fingerprint density at radius 2 is 2.00 bits per heavy atom. The van der Waals surface area contributed by atoms with E-state index in [9.17, 15) is 5.11 Å². The van der Waals surface area contributed by atoms with Gasteiger partial charge < -0.3 is 19.7 Å². The van der Waals surface area contributed by atoms with E-state index in [0.29, 0.717) is 5.75 Å². The second-order valence-corrected chi connectivity index (χ2v) is 5.96. The number of hydrogen-bond donors (Lipinski definition) is 2. The fraction of sp³-hybridized carbons (Fsp3) is 0.368. The molecular formula is C19H22O4. The second kappa shape index (κ2) is 6.50. The first-order chi connectivity index (χ1) is 11.1. The smallest absolute Gasteiger partial charge is 0.160 e. The van der Waals surface area contributed by atoms with Gasteiger partial charge in [-0.25, -0.2) is 0 Å². The van der Waals surface area contributed by atoms with E-state index in [1.807, 2.05) is 18.2 Å². The van der Waals surface area contributed by atoms with Crippen LogP contribution >= 0.6 is 0 Å². The van der Waals surface area contributed by atoms with E-state index < -0.39 is 0 Å². The van der Waals surface area contributed by atoms with Crippen molar-refractivity contribution in [2.24, 2.45) is 0 Å². The predicted octanol–water partition coefficient (Wildman–Crippen LogP) is 3.56. The van der Waals surface area contributed by atoms with Crippen molar-refractivity contribution in [3.8, 4) is 17.2 Å². The predicted molar refractivity (Wildman–Crippen MR) is 88.3 cm³/mol. The van der Waals surface area contributed by atoms with Crippen LogP contribution in [-0.2, 0) is 6.42 Å². The van der Waals surface area contributed by atoms with E-state index in [2.05, 4.69) is 19.1 Å². The summed E-state index contributed by atoms with van der Waals surface area (Å²) in [7, 11) is 1.54. The fourth-order valence-corrected chi connectivity index (χ4v) is 3.13. The van der Waals surface area contributed by atoms with Crippen LogP contribution in [0.3, 0.4) is 0 Å². The molecule has 2 unspecified atom stereocenters. The lowest BCUT2D eigenvalue weighted by atomic mass is 9.91. The average molecular weight is 314 g/mol. The summed E-state index contributed by atoms with van der Waals surface area (Å²) in [6, 6.07) is 11.6. The third-order valence-corrected chi connectivity index (χ3v) is 4.43. The third kappa shape index (κ3) is 2.99. The molecule has 1 aliphatic heterocycles. The Hall–Kier alpha value is -2.20. The van der Waals surface area contributed by atoms with Gasteiger partial charge in [0.05, 0.1) is 7.11 Å². The molecule has 3 rings (SSSR count). The number of aromatic hydroxyl groups is 1. The van der Waals surface area contributed by atoms with Crippen molar-refractivity contribution in [3.05, 3.63) is 53.1 Å². The zero-order chi connectivity index (χ0) is 16.4. The molecule has 0 radical (unpaired) electrons. The van der Waals surface area contributed by atoms with E-state index in [1.165, 1.54) is 11.1 Å². The van der Waals surface area contributed by atoms with Gasteiger partial charge in [-0.2, -0.15) is 0 Å². The Kier molecular flexibility index (Phi) is 4.44. The molecule has 4 nitrogen and oxygen atoms in total. The van der Waals surface area contributed by atoms with Gasteiger partial charge in [0, 0.05) is 18.1 Å². The Bertz CT molecular complexity index is 696. The van der Waals surface area contributed by atoms with Crippen LogP contribution in [0.15, 0.2) is 36.4 Å². The second-order valence-electron chi connectivity index (χ2n) is 5.96. The fourth-order valence-electron chi connectivity index (χ4n) is 3.13. The van der Waals surface area contributed by atoms with Crippen LogP contribution in [0.4, 0.5) is 0 Å². The minimum absolute atomic E-state index is 0.0902. The van der Waals surface area contributed by atoms with Gasteiger partial charge in [-0.05, 0) is 42.2 Å². The van der Waals surface area contributed by atoms with Gasteiger partial charge in [0.15, 0.2) is 11.5 Å². The summed E-state index contributed by atoms with van der Waals surface area (Å²) < 4.78 is 11.3. The third-order valence-electron chi connectivity index (χ3n) is 4.43. The van der Waals surface area contributed by atoms with E-state index in [-0.39, 0.29) is 24.4 Å². The number of rotatable bonds is 5. The van der Waals surface area contributed by atoms with E-state index >= 15 is 0 Å².